The number of hydrogen-bond acceptors (Lipinski definition) is 3. The van der Waals surface area contributed by atoms with Crippen molar-refractivity contribution >= 4 is 33.0 Å². The highest BCUT2D eigenvalue weighted by molar-refractivity contribution is 9.11. The summed E-state index contributed by atoms with van der Waals surface area (Å²) in [5.41, 5.74) is 0. The second kappa shape index (κ2) is 5.63. The van der Waals surface area contributed by atoms with E-state index in [1.807, 2.05) is 26.0 Å². The van der Waals surface area contributed by atoms with Gasteiger partial charge in [0.1, 0.15) is 6.61 Å². The molecule has 78 valence electrons. The van der Waals surface area contributed by atoms with Crippen LogP contribution in [0.15, 0.2) is 15.9 Å². The SMILES string of the molecule is CC(C)OCC(=O)Cc1ccc(Br)s1. The molecule has 0 saturated carbocycles. The van der Waals surface area contributed by atoms with Gasteiger partial charge in [0.25, 0.3) is 0 Å². The van der Waals surface area contributed by atoms with E-state index in [2.05, 4.69) is 15.9 Å². The van der Waals surface area contributed by atoms with Crippen LogP contribution >= 0.6 is 27.3 Å². The molecule has 0 atom stereocenters. The van der Waals surface area contributed by atoms with Gasteiger partial charge < -0.3 is 4.74 Å². The van der Waals surface area contributed by atoms with Gasteiger partial charge in [-0.25, -0.2) is 0 Å². The maximum absolute atomic E-state index is 11.4. The second-order valence-electron chi connectivity index (χ2n) is 3.28. The third kappa shape index (κ3) is 4.35. The van der Waals surface area contributed by atoms with Crippen molar-refractivity contribution in [2.75, 3.05) is 6.61 Å². The number of Topliss-reactive ketones (excluding diaryl/α,β-unsaturated/α-hetero) is 1. The first-order chi connectivity index (χ1) is 6.58. The molecule has 0 amide bonds. The van der Waals surface area contributed by atoms with Gasteiger partial charge in [0.05, 0.1) is 9.89 Å². The molecule has 0 N–H and O–H groups in total. The molecule has 4 heteroatoms. The molecule has 0 aliphatic rings. The zero-order chi connectivity index (χ0) is 10.6. The van der Waals surface area contributed by atoms with Crippen LogP contribution in [0.2, 0.25) is 0 Å². The van der Waals surface area contributed by atoms with E-state index >= 15 is 0 Å². The standard InChI is InChI=1S/C10H13BrO2S/c1-7(2)13-6-8(12)5-9-3-4-10(11)14-9/h3-4,7H,5-6H2,1-2H3. The minimum absolute atomic E-state index is 0.119. The Morgan fingerprint density at radius 2 is 2.29 bits per heavy atom. The van der Waals surface area contributed by atoms with E-state index in [-0.39, 0.29) is 18.5 Å². The first-order valence-corrected chi connectivity index (χ1v) is 6.06. The number of hydrogen-bond donors (Lipinski definition) is 0. The summed E-state index contributed by atoms with van der Waals surface area (Å²) < 4.78 is 6.29. The van der Waals surface area contributed by atoms with Crippen molar-refractivity contribution in [3.05, 3.63) is 20.8 Å². The monoisotopic (exact) mass is 276 g/mol. The van der Waals surface area contributed by atoms with E-state index in [4.69, 9.17) is 4.74 Å². The van der Waals surface area contributed by atoms with Gasteiger partial charge in [-0.05, 0) is 41.9 Å². The lowest BCUT2D eigenvalue weighted by Gasteiger charge is -2.05. The molecule has 0 aromatic carbocycles. The van der Waals surface area contributed by atoms with Crippen molar-refractivity contribution in [3.63, 3.8) is 0 Å². The lowest BCUT2D eigenvalue weighted by atomic mass is 10.2. The van der Waals surface area contributed by atoms with E-state index in [1.165, 1.54) is 0 Å². The van der Waals surface area contributed by atoms with Gasteiger partial charge >= 0.3 is 0 Å². The summed E-state index contributed by atoms with van der Waals surface area (Å²) in [5, 5.41) is 0. The zero-order valence-electron chi connectivity index (χ0n) is 8.25. The lowest BCUT2D eigenvalue weighted by molar-refractivity contribution is -0.124. The molecule has 1 heterocycles. The Morgan fingerprint density at radius 1 is 1.57 bits per heavy atom. The number of ether oxygens (including phenoxy) is 1. The average molecular weight is 277 g/mol. The molecule has 0 bridgehead atoms. The second-order valence-corrected chi connectivity index (χ2v) is 5.83. The van der Waals surface area contributed by atoms with Gasteiger partial charge in [-0.15, -0.1) is 11.3 Å². The molecule has 0 aliphatic carbocycles. The number of thiophene rings is 1. The van der Waals surface area contributed by atoms with Crippen LogP contribution in [0.4, 0.5) is 0 Å². The lowest BCUT2D eigenvalue weighted by Crippen LogP contribution is -2.14. The van der Waals surface area contributed by atoms with Crippen molar-refractivity contribution in [1.82, 2.24) is 0 Å². The highest BCUT2D eigenvalue weighted by Gasteiger charge is 2.06. The van der Waals surface area contributed by atoms with Crippen LogP contribution in [0, 0.1) is 0 Å². The van der Waals surface area contributed by atoms with Crippen LogP contribution in [0.25, 0.3) is 0 Å². The maximum atomic E-state index is 11.4. The van der Waals surface area contributed by atoms with E-state index in [0.29, 0.717) is 6.42 Å². The molecule has 0 saturated heterocycles. The number of carbonyl (C=O) groups excluding carboxylic acids is 1. The minimum Gasteiger partial charge on any atom is -0.371 e. The topological polar surface area (TPSA) is 26.3 Å². The Morgan fingerprint density at radius 3 is 2.79 bits per heavy atom. The van der Waals surface area contributed by atoms with E-state index in [9.17, 15) is 4.79 Å². The van der Waals surface area contributed by atoms with Crippen LogP contribution < -0.4 is 0 Å². The Bertz CT molecular complexity index is 307. The van der Waals surface area contributed by atoms with Gasteiger partial charge in [0, 0.05) is 11.3 Å². The Kier molecular flexibility index (Phi) is 4.78. The number of carbonyl (C=O) groups is 1. The predicted octanol–water partition coefficient (Wildman–Crippen LogP) is 3.05. The van der Waals surface area contributed by atoms with Crippen molar-refractivity contribution in [1.29, 1.82) is 0 Å². The molecular weight excluding hydrogens is 264 g/mol. The van der Waals surface area contributed by atoms with Gasteiger partial charge in [-0.1, -0.05) is 0 Å². The highest BCUT2D eigenvalue weighted by Crippen LogP contribution is 2.22. The van der Waals surface area contributed by atoms with Crippen LogP contribution in [0.3, 0.4) is 0 Å². The Balaban J connectivity index is 2.34. The summed E-state index contributed by atoms with van der Waals surface area (Å²) in [5.74, 6) is 0.132. The van der Waals surface area contributed by atoms with Crippen LogP contribution in [0.1, 0.15) is 18.7 Å². The van der Waals surface area contributed by atoms with Crippen molar-refractivity contribution in [3.8, 4) is 0 Å². The van der Waals surface area contributed by atoms with Crippen LogP contribution in [-0.2, 0) is 16.0 Å². The van der Waals surface area contributed by atoms with E-state index in [0.717, 1.165) is 8.66 Å². The fourth-order valence-corrected chi connectivity index (χ4v) is 2.46. The number of halogens is 1. The molecule has 1 aromatic rings. The smallest absolute Gasteiger partial charge is 0.163 e. The zero-order valence-corrected chi connectivity index (χ0v) is 10.7. The maximum Gasteiger partial charge on any atom is 0.163 e. The van der Waals surface area contributed by atoms with Gasteiger partial charge in [0.2, 0.25) is 0 Å². The fourth-order valence-electron chi connectivity index (χ4n) is 0.952. The molecule has 0 spiro atoms. The van der Waals surface area contributed by atoms with Crippen LogP contribution in [-0.4, -0.2) is 18.5 Å². The number of ketones is 1. The summed E-state index contributed by atoms with van der Waals surface area (Å²) in [6.07, 6.45) is 0.595. The molecule has 0 unspecified atom stereocenters. The summed E-state index contributed by atoms with van der Waals surface area (Å²) in [4.78, 5) is 12.5. The fraction of sp³-hybridized carbons (Fsp3) is 0.500. The summed E-state index contributed by atoms with van der Waals surface area (Å²) in [6.45, 7) is 4.07. The summed E-state index contributed by atoms with van der Waals surface area (Å²) >= 11 is 4.95. The Labute approximate surface area is 96.4 Å². The molecular formula is C10H13BrO2S. The minimum atomic E-state index is 0.119. The summed E-state index contributed by atoms with van der Waals surface area (Å²) in [6, 6.07) is 3.92. The molecule has 1 rings (SSSR count). The van der Waals surface area contributed by atoms with Gasteiger partial charge in [-0.3, -0.25) is 4.79 Å². The first-order valence-electron chi connectivity index (χ1n) is 4.45. The quantitative estimate of drug-likeness (QED) is 0.826. The first kappa shape index (κ1) is 11.9. The highest BCUT2D eigenvalue weighted by atomic mass is 79.9. The molecule has 0 aliphatic heterocycles. The van der Waals surface area contributed by atoms with Crippen LogP contribution in [0.5, 0.6) is 0 Å². The largest absolute Gasteiger partial charge is 0.371 e. The van der Waals surface area contributed by atoms with E-state index < -0.39 is 0 Å². The van der Waals surface area contributed by atoms with Crippen molar-refractivity contribution in [2.45, 2.75) is 26.4 Å². The molecule has 2 nitrogen and oxygen atoms in total. The normalized spacial score (nSPS) is 10.9. The third-order valence-electron chi connectivity index (χ3n) is 1.58. The third-order valence-corrected chi connectivity index (χ3v) is 3.20. The van der Waals surface area contributed by atoms with E-state index in [1.54, 1.807) is 11.3 Å². The van der Waals surface area contributed by atoms with Crippen molar-refractivity contribution < 1.29 is 9.53 Å². The molecule has 1 aromatic heterocycles. The summed E-state index contributed by atoms with van der Waals surface area (Å²) in [7, 11) is 0. The van der Waals surface area contributed by atoms with Crippen molar-refractivity contribution in [2.24, 2.45) is 0 Å². The molecule has 0 fully saturated rings. The number of rotatable bonds is 5. The average Bonchev–Trinajstić information content (AvgIpc) is 2.48. The predicted molar refractivity (Wildman–Crippen MR) is 61.8 cm³/mol. The van der Waals surface area contributed by atoms with Gasteiger partial charge in [0.15, 0.2) is 5.78 Å². The molecule has 0 radical (unpaired) electrons. The molecule has 14 heavy (non-hydrogen) atoms. The van der Waals surface area contributed by atoms with Gasteiger partial charge in [-0.2, -0.15) is 0 Å². The Hall–Kier alpha value is -0.190.